The second kappa shape index (κ2) is 4.45. The molecule has 1 aromatic carbocycles. The van der Waals surface area contributed by atoms with Gasteiger partial charge in [-0.05, 0) is 18.2 Å². The molecule has 0 saturated heterocycles. The van der Waals surface area contributed by atoms with Crippen molar-refractivity contribution >= 4 is 6.08 Å². The van der Waals surface area contributed by atoms with Gasteiger partial charge in [-0.3, -0.25) is 10.1 Å². The number of hydrogen-bond donors (Lipinski definition) is 1. The molecule has 0 bridgehead atoms. The molecule has 0 aliphatic rings. The molecule has 0 saturated carbocycles. The number of phenolic OH excluding ortho intramolecular Hbond substituents is 1. The van der Waals surface area contributed by atoms with Gasteiger partial charge >= 0.3 is 0 Å². The molecule has 0 radical (unpaired) electrons. The molecule has 15 heavy (non-hydrogen) atoms. The maximum absolute atomic E-state index is 10.4. The van der Waals surface area contributed by atoms with E-state index in [1.54, 1.807) is 6.07 Å². The van der Waals surface area contributed by atoms with Crippen LogP contribution >= 0.6 is 0 Å². The summed E-state index contributed by atoms with van der Waals surface area (Å²) < 4.78 is 4.94. The van der Waals surface area contributed by atoms with E-state index in [-0.39, 0.29) is 11.4 Å². The standard InChI is InChI=1S/C10H11NO4/c1-7(11(13)14)5-8-6-9(15-2)3-4-10(8)12/h3-6,12H,1-2H3. The van der Waals surface area contributed by atoms with Crippen molar-refractivity contribution in [3.05, 3.63) is 39.6 Å². The lowest BCUT2D eigenvalue weighted by Gasteiger charge is -2.02. The molecule has 0 atom stereocenters. The van der Waals surface area contributed by atoms with Crippen LogP contribution in [0.2, 0.25) is 0 Å². The van der Waals surface area contributed by atoms with Gasteiger partial charge in [0, 0.05) is 18.6 Å². The van der Waals surface area contributed by atoms with E-state index in [1.807, 2.05) is 0 Å². The lowest BCUT2D eigenvalue weighted by atomic mass is 10.1. The van der Waals surface area contributed by atoms with Gasteiger partial charge in [0.1, 0.15) is 11.5 Å². The van der Waals surface area contributed by atoms with Gasteiger partial charge in [-0.25, -0.2) is 0 Å². The monoisotopic (exact) mass is 209 g/mol. The van der Waals surface area contributed by atoms with Gasteiger partial charge in [-0.1, -0.05) is 0 Å². The van der Waals surface area contributed by atoms with Crippen LogP contribution in [-0.4, -0.2) is 17.1 Å². The molecule has 0 spiro atoms. The fourth-order valence-corrected chi connectivity index (χ4v) is 1.05. The second-order valence-corrected chi connectivity index (χ2v) is 2.97. The number of benzene rings is 1. The lowest BCUT2D eigenvalue weighted by Crippen LogP contribution is -1.93. The average Bonchev–Trinajstić information content (AvgIpc) is 2.21. The highest BCUT2D eigenvalue weighted by Crippen LogP contribution is 2.24. The van der Waals surface area contributed by atoms with Crippen molar-refractivity contribution in [3.8, 4) is 11.5 Å². The highest BCUT2D eigenvalue weighted by Gasteiger charge is 2.06. The SMILES string of the molecule is COc1ccc(O)c(C=C(C)[N+](=O)[O-])c1. The number of rotatable bonds is 3. The Morgan fingerprint density at radius 2 is 2.27 bits per heavy atom. The van der Waals surface area contributed by atoms with Crippen LogP contribution in [0.15, 0.2) is 23.9 Å². The van der Waals surface area contributed by atoms with Gasteiger partial charge in [-0.2, -0.15) is 0 Å². The van der Waals surface area contributed by atoms with E-state index in [9.17, 15) is 15.2 Å². The first-order chi connectivity index (χ1) is 7.04. The van der Waals surface area contributed by atoms with Gasteiger partial charge in [0.05, 0.1) is 12.0 Å². The summed E-state index contributed by atoms with van der Waals surface area (Å²) in [5, 5.41) is 19.8. The fraction of sp³-hybridized carbons (Fsp3) is 0.200. The molecule has 1 rings (SSSR count). The first kappa shape index (κ1) is 11.0. The summed E-state index contributed by atoms with van der Waals surface area (Å²) in [7, 11) is 1.49. The van der Waals surface area contributed by atoms with Crippen LogP contribution < -0.4 is 4.74 Å². The predicted octanol–water partition coefficient (Wildman–Crippen LogP) is 2.04. The van der Waals surface area contributed by atoms with Crippen molar-refractivity contribution < 1.29 is 14.8 Å². The molecule has 0 fully saturated rings. The largest absolute Gasteiger partial charge is 0.507 e. The Balaban J connectivity index is 3.13. The Morgan fingerprint density at radius 3 is 2.80 bits per heavy atom. The van der Waals surface area contributed by atoms with Gasteiger partial charge in [0.25, 0.3) is 0 Å². The number of methoxy groups -OCH3 is 1. The molecule has 1 N–H and O–H groups in total. The van der Waals surface area contributed by atoms with Crippen LogP contribution in [0.1, 0.15) is 12.5 Å². The Kier molecular flexibility index (Phi) is 3.28. The molecule has 5 heteroatoms. The van der Waals surface area contributed by atoms with Gasteiger partial charge in [0.2, 0.25) is 5.70 Å². The van der Waals surface area contributed by atoms with E-state index in [0.29, 0.717) is 11.3 Å². The molecule has 80 valence electrons. The molecule has 0 aliphatic carbocycles. The number of hydrogen-bond acceptors (Lipinski definition) is 4. The molecule has 0 unspecified atom stereocenters. The second-order valence-electron chi connectivity index (χ2n) is 2.97. The van der Waals surface area contributed by atoms with Gasteiger partial charge < -0.3 is 9.84 Å². The highest BCUT2D eigenvalue weighted by molar-refractivity contribution is 5.59. The van der Waals surface area contributed by atoms with Crippen molar-refractivity contribution in [2.45, 2.75) is 6.92 Å². The van der Waals surface area contributed by atoms with E-state index in [1.165, 1.54) is 32.2 Å². The summed E-state index contributed by atoms with van der Waals surface area (Å²) in [5.41, 5.74) is 0.321. The summed E-state index contributed by atoms with van der Waals surface area (Å²) in [5.74, 6) is 0.521. The minimum absolute atomic E-state index is 0.0167. The maximum Gasteiger partial charge on any atom is 0.243 e. The quantitative estimate of drug-likeness (QED) is 0.610. The van der Waals surface area contributed by atoms with E-state index in [0.717, 1.165) is 0 Å². The summed E-state index contributed by atoms with van der Waals surface area (Å²) >= 11 is 0. The summed E-state index contributed by atoms with van der Waals surface area (Å²) in [4.78, 5) is 9.88. The number of phenols is 1. The first-order valence-corrected chi connectivity index (χ1v) is 4.24. The van der Waals surface area contributed by atoms with E-state index < -0.39 is 4.92 Å². The van der Waals surface area contributed by atoms with E-state index in [4.69, 9.17) is 4.74 Å². The third-order valence-electron chi connectivity index (χ3n) is 1.89. The number of ether oxygens (including phenoxy) is 1. The molecule has 0 aliphatic heterocycles. The highest BCUT2D eigenvalue weighted by atomic mass is 16.6. The van der Waals surface area contributed by atoms with Crippen molar-refractivity contribution in [3.63, 3.8) is 0 Å². The fourth-order valence-electron chi connectivity index (χ4n) is 1.05. The Hall–Kier alpha value is -2.04. The lowest BCUT2D eigenvalue weighted by molar-refractivity contribution is -0.422. The Labute approximate surface area is 86.8 Å². The zero-order chi connectivity index (χ0) is 11.4. The Morgan fingerprint density at radius 1 is 1.60 bits per heavy atom. The summed E-state index contributed by atoms with van der Waals surface area (Å²) in [6, 6.07) is 4.54. The number of nitro groups is 1. The van der Waals surface area contributed by atoms with Gasteiger partial charge in [-0.15, -0.1) is 0 Å². The summed E-state index contributed by atoms with van der Waals surface area (Å²) in [6.07, 6.45) is 1.29. The van der Waals surface area contributed by atoms with Crippen LogP contribution in [-0.2, 0) is 0 Å². The normalized spacial score (nSPS) is 11.2. The molecule has 0 aromatic heterocycles. The minimum Gasteiger partial charge on any atom is -0.507 e. The summed E-state index contributed by atoms with van der Waals surface area (Å²) in [6.45, 7) is 1.36. The molecule has 5 nitrogen and oxygen atoms in total. The number of allylic oxidation sites excluding steroid dienone is 1. The topological polar surface area (TPSA) is 72.6 Å². The van der Waals surface area contributed by atoms with Crippen LogP contribution in [0.25, 0.3) is 6.08 Å². The molecule has 1 aromatic rings. The average molecular weight is 209 g/mol. The molecule has 0 amide bonds. The number of nitrogens with zero attached hydrogens (tertiary/aromatic N) is 1. The van der Waals surface area contributed by atoms with Crippen molar-refractivity contribution in [2.24, 2.45) is 0 Å². The molecule has 0 heterocycles. The zero-order valence-electron chi connectivity index (χ0n) is 8.43. The predicted molar refractivity (Wildman–Crippen MR) is 55.3 cm³/mol. The zero-order valence-corrected chi connectivity index (χ0v) is 8.43. The van der Waals surface area contributed by atoms with E-state index in [2.05, 4.69) is 0 Å². The van der Waals surface area contributed by atoms with Crippen molar-refractivity contribution in [2.75, 3.05) is 7.11 Å². The third kappa shape index (κ3) is 2.70. The van der Waals surface area contributed by atoms with Crippen molar-refractivity contribution in [1.29, 1.82) is 0 Å². The van der Waals surface area contributed by atoms with E-state index >= 15 is 0 Å². The van der Waals surface area contributed by atoms with Crippen LogP contribution in [0.4, 0.5) is 0 Å². The van der Waals surface area contributed by atoms with Crippen LogP contribution in [0, 0.1) is 10.1 Å². The first-order valence-electron chi connectivity index (χ1n) is 4.24. The van der Waals surface area contributed by atoms with Crippen LogP contribution in [0.3, 0.4) is 0 Å². The maximum atomic E-state index is 10.4. The molecular formula is C10H11NO4. The van der Waals surface area contributed by atoms with Crippen molar-refractivity contribution in [1.82, 2.24) is 0 Å². The number of aromatic hydroxyl groups is 1. The minimum atomic E-state index is -0.515. The smallest absolute Gasteiger partial charge is 0.243 e. The third-order valence-corrected chi connectivity index (χ3v) is 1.89. The van der Waals surface area contributed by atoms with Crippen LogP contribution in [0.5, 0.6) is 11.5 Å². The Bertz CT molecular complexity index is 412. The molecular weight excluding hydrogens is 198 g/mol. The van der Waals surface area contributed by atoms with Gasteiger partial charge in [0.15, 0.2) is 0 Å².